The summed E-state index contributed by atoms with van der Waals surface area (Å²) in [5.41, 5.74) is 3.99. The standard InChI is InChI=1S/C33H33N3O4/c1-33(2,40)19-18-25-14-17-28(31(37)35-27-15-12-26(13-16-27)32(38)39)30-29(25)20-34-36(30)21-22-8-10-24(11-9-22)23-6-4-3-5-7-23/h3-11,14,17,20,26-27,40H,12-13,15-16,21H2,1-2H3,(H,35,37)(H,38,39). The first kappa shape index (κ1) is 27.2. The molecule has 0 radical (unpaired) electrons. The van der Waals surface area contributed by atoms with Crippen LogP contribution < -0.4 is 5.32 Å². The summed E-state index contributed by atoms with van der Waals surface area (Å²) < 4.78 is 1.82. The second-order valence-corrected chi connectivity index (χ2v) is 11.0. The quantitative estimate of drug-likeness (QED) is 0.293. The molecule has 0 bridgehead atoms. The molecule has 7 nitrogen and oxygen atoms in total. The first-order valence-electron chi connectivity index (χ1n) is 13.6. The van der Waals surface area contributed by atoms with Crippen LogP contribution in [0.2, 0.25) is 0 Å². The zero-order valence-electron chi connectivity index (χ0n) is 22.7. The van der Waals surface area contributed by atoms with Gasteiger partial charge in [-0.25, -0.2) is 0 Å². The van der Waals surface area contributed by atoms with E-state index in [1.54, 1.807) is 32.2 Å². The van der Waals surface area contributed by atoms with Crippen molar-refractivity contribution in [2.75, 3.05) is 0 Å². The van der Waals surface area contributed by atoms with Crippen molar-refractivity contribution in [1.82, 2.24) is 15.1 Å². The SMILES string of the molecule is CC(C)(O)C#Cc1ccc(C(=O)NC2CCC(C(=O)O)CC2)c2c1cnn2Cc1ccc(-c2ccccc2)cc1. The molecule has 204 valence electrons. The molecule has 7 heteroatoms. The van der Waals surface area contributed by atoms with E-state index in [1.807, 2.05) is 22.9 Å². The van der Waals surface area contributed by atoms with Crippen LogP contribution in [0.5, 0.6) is 0 Å². The first-order valence-corrected chi connectivity index (χ1v) is 13.6. The molecule has 1 aromatic heterocycles. The summed E-state index contributed by atoms with van der Waals surface area (Å²) in [4.78, 5) is 24.9. The van der Waals surface area contributed by atoms with Crippen molar-refractivity contribution >= 4 is 22.8 Å². The van der Waals surface area contributed by atoms with Gasteiger partial charge in [0.1, 0.15) is 5.60 Å². The summed E-state index contributed by atoms with van der Waals surface area (Å²) in [6, 6.07) is 21.9. The predicted molar refractivity (Wildman–Crippen MR) is 155 cm³/mol. The molecule has 1 heterocycles. The Morgan fingerprint density at radius 3 is 2.30 bits per heavy atom. The molecule has 0 spiro atoms. The number of carboxylic acid groups (broad SMARTS) is 1. The zero-order chi connectivity index (χ0) is 28.3. The Bertz CT molecular complexity index is 1580. The summed E-state index contributed by atoms with van der Waals surface area (Å²) in [6.07, 6.45) is 4.09. The van der Waals surface area contributed by atoms with Gasteiger partial charge in [0.05, 0.1) is 29.7 Å². The molecule has 3 N–H and O–H groups in total. The minimum Gasteiger partial charge on any atom is -0.481 e. The molecule has 0 aliphatic heterocycles. The molecule has 0 saturated heterocycles. The minimum absolute atomic E-state index is 0.0743. The molecule has 5 rings (SSSR count). The number of aliphatic carboxylic acids is 1. The van der Waals surface area contributed by atoms with Crippen molar-refractivity contribution in [3.8, 4) is 23.0 Å². The van der Waals surface area contributed by atoms with Gasteiger partial charge < -0.3 is 15.5 Å². The molecule has 1 fully saturated rings. The van der Waals surface area contributed by atoms with Gasteiger partial charge in [0, 0.05) is 17.0 Å². The molecule has 1 saturated carbocycles. The van der Waals surface area contributed by atoms with Crippen LogP contribution in [-0.4, -0.2) is 43.5 Å². The van der Waals surface area contributed by atoms with Crippen LogP contribution in [0.4, 0.5) is 0 Å². The van der Waals surface area contributed by atoms with Crippen LogP contribution in [0, 0.1) is 17.8 Å². The molecule has 1 amide bonds. The van der Waals surface area contributed by atoms with Crippen molar-refractivity contribution in [2.45, 2.75) is 57.7 Å². The van der Waals surface area contributed by atoms with Gasteiger partial charge in [-0.2, -0.15) is 5.10 Å². The molecular formula is C33H33N3O4. The van der Waals surface area contributed by atoms with Gasteiger partial charge in [-0.1, -0.05) is 66.4 Å². The summed E-state index contributed by atoms with van der Waals surface area (Å²) >= 11 is 0. The van der Waals surface area contributed by atoms with Gasteiger partial charge in [-0.3, -0.25) is 14.3 Å². The lowest BCUT2D eigenvalue weighted by molar-refractivity contribution is -0.142. The van der Waals surface area contributed by atoms with Crippen LogP contribution >= 0.6 is 0 Å². The van der Waals surface area contributed by atoms with E-state index in [9.17, 15) is 19.8 Å². The van der Waals surface area contributed by atoms with E-state index in [-0.39, 0.29) is 17.9 Å². The number of aromatic nitrogens is 2. The Hall–Kier alpha value is -4.41. The van der Waals surface area contributed by atoms with Crippen molar-refractivity contribution in [3.63, 3.8) is 0 Å². The lowest BCUT2D eigenvalue weighted by Crippen LogP contribution is -2.38. The largest absolute Gasteiger partial charge is 0.481 e. The van der Waals surface area contributed by atoms with Crippen molar-refractivity contribution in [1.29, 1.82) is 0 Å². The average molecular weight is 536 g/mol. The lowest BCUT2D eigenvalue weighted by Gasteiger charge is -2.27. The molecule has 3 aromatic carbocycles. The number of fused-ring (bicyclic) bond motifs is 1. The number of hydrogen-bond donors (Lipinski definition) is 3. The van der Waals surface area contributed by atoms with Crippen LogP contribution in [0.1, 0.15) is 61.0 Å². The van der Waals surface area contributed by atoms with Crippen molar-refractivity contribution in [3.05, 3.63) is 89.6 Å². The third-order valence-corrected chi connectivity index (χ3v) is 7.35. The summed E-state index contributed by atoms with van der Waals surface area (Å²) in [7, 11) is 0. The highest BCUT2D eigenvalue weighted by Crippen LogP contribution is 2.27. The fourth-order valence-electron chi connectivity index (χ4n) is 5.19. The number of carbonyl (C=O) groups excluding carboxylic acids is 1. The first-order chi connectivity index (χ1) is 19.2. The summed E-state index contributed by atoms with van der Waals surface area (Å²) in [5.74, 6) is 4.58. The van der Waals surface area contributed by atoms with Crippen LogP contribution in [-0.2, 0) is 11.3 Å². The van der Waals surface area contributed by atoms with Gasteiger partial charge in [-0.05, 0) is 68.4 Å². The second kappa shape index (κ2) is 11.4. The van der Waals surface area contributed by atoms with E-state index in [4.69, 9.17) is 0 Å². The van der Waals surface area contributed by atoms with E-state index in [0.717, 1.165) is 22.1 Å². The highest BCUT2D eigenvalue weighted by atomic mass is 16.4. The Kier molecular flexibility index (Phi) is 7.72. The Labute approximate surface area is 233 Å². The fourth-order valence-corrected chi connectivity index (χ4v) is 5.19. The summed E-state index contributed by atoms with van der Waals surface area (Å²) in [6.45, 7) is 3.71. The number of carbonyl (C=O) groups is 2. The maximum absolute atomic E-state index is 13.5. The fraction of sp³-hybridized carbons (Fsp3) is 0.303. The van der Waals surface area contributed by atoms with Gasteiger partial charge >= 0.3 is 5.97 Å². The number of rotatable bonds is 6. The maximum atomic E-state index is 13.5. The van der Waals surface area contributed by atoms with Gasteiger partial charge in [0.2, 0.25) is 0 Å². The van der Waals surface area contributed by atoms with E-state index < -0.39 is 11.6 Å². The van der Waals surface area contributed by atoms with Crippen LogP contribution in [0.3, 0.4) is 0 Å². The molecule has 1 aliphatic rings. The van der Waals surface area contributed by atoms with Crippen LogP contribution in [0.15, 0.2) is 72.9 Å². The van der Waals surface area contributed by atoms with E-state index >= 15 is 0 Å². The molecular weight excluding hydrogens is 502 g/mol. The predicted octanol–water partition coefficient (Wildman–Crippen LogP) is 5.25. The number of carboxylic acids is 1. The molecule has 4 aromatic rings. The Morgan fingerprint density at radius 1 is 0.975 bits per heavy atom. The topological polar surface area (TPSA) is 104 Å². The zero-order valence-corrected chi connectivity index (χ0v) is 22.7. The van der Waals surface area contributed by atoms with E-state index in [0.29, 0.717) is 48.9 Å². The van der Waals surface area contributed by atoms with Gasteiger partial charge in [0.15, 0.2) is 0 Å². The van der Waals surface area contributed by atoms with Gasteiger partial charge in [-0.15, -0.1) is 0 Å². The maximum Gasteiger partial charge on any atom is 0.306 e. The third kappa shape index (κ3) is 6.24. The number of hydrogen-bond acceptors (Lipinski definition) is 4. The third-order valence-electron chi connectivity index (χ3n) is 7.35. The number of nitrogens with zero attached hydrogens (tertiary/aromatic N) is 2. The van der Waals surface area contributed by atoms with Crippen LogP contribution in [0.25, 0.3) is 22.0 Å². The van der Waals surface area contributed by atoms with Crippen molar-refractivity contribution < 1.29 is 19.8 Å². The lowest BCUT2D eigenvalue weighted by atomic mass is 9.86. The number of aliphatic hydroxyl groups is 1. The smallest absolute Gasteiger partial charge is 0.306 e. The molecule has 1 aliphatic carbocycles. The second-order valence-electron chi connectivity index (χ2n) is 11.0. The summed E-state index contributed by atoms with van der Waals surface area (Å²) in [5, 5.41) is 27.9. The van der Waals surface area contributed by atoms with E-state index in [1.165, 1.54) is 0 Å². The minimum atomic E-state index is -1.16. The number of benzene rings is 3. The Morgan fingerprint density at radius 2 is 1.65 bits per heavy atom. The highest BCUT2D eigenvalue weighted by Gasteiger charge is 2.28. The average Bonchev–Trinajstić information content (AvgIpc) is 3.36. The Balaban J connectivity index is 1.45. The molecule has 0 atom stereocenters. The molecule has 0 unspecified atom stereocenters. The van der Waals surface area contributed by atoms with E-state index in [2.05, 4.69) is 58.7 Å². The van der Waals surface area contributed by atoms with Crippen molar-refractivity contribution in [2.24, 2.45) is 5.92 Å². The normalized spacial score (nSPS) is 17.2. The van der Waals surface area contributed by atoms with Gasteiger partial charge in [0.25, 0.3) is 5.91 Å². The number of amides is 1. The molecule has 40 heavy (non-hydrogen) atoms. The monoisotopic (exact) mass is 535 g/mol. The highest BCUT2D eigenvalue weighted by molar-refractivity contribution is 6.07. The number of nitrogens with one attached hydrogen (secondary N) is 1.